The van der Waals surface area contributed by atoms with E-state index in [0.29, 0.717) is 18.6 Å². The van der Waals surface area contributed by atoms with Crippen molar-refractivity contribution in [1.29, 1.82) is 0 Å². The van der Waals surface area contributed by atoms with Crippen LogP contribution in [-0.4, -0.2) is 23.3 Å². The summed E-state index contributed by atoms with van der Waals surface area (Å²) in [5.41, 5.74) is 0. The van der Waals surface area contributed by atoms with Gasteiger partial charge in [0.2, 0.25) is 0 Å². The molecule has 10 heavy (non-hydrogen) atoms. The minimum Gasteiger partial charge on any atom is -0.301 e. The predicted octanol–water partition coefficient (Wildman–Crippen LogP) is 1.38. The molecule has 0 fully saturated rings. The van der Waals surface area contributed by atoms with Crippen LogP contribution in [0.1, 0.15) is 12.8 Å². The Bertz CT molecular complexity index is 125. The monoisotopic (exact) mass is 182 g/mol. The highest BCUT2D eigenvalue weighted by molar-refractivity contribution is 6.38. The maximum atomic E-state index is 10.7. The molecule has 0 bridgehead atoms. The average Bonchev–Trinajstić information content (AvgIpc) is 1.98. The number of halogens is 2. The summed E-state index contributed by atoms with van der Waals surface area (Å²) in [6.07, 6.45) is 1.30. The van der Waals surface area contributed by atoms with Crippen molar-refractivity contribution in [3.05, 3.63) is 0 Å². The van der Waals surface area contributed by atoms with E-state index in [0.717, 1.165) is 0 Å². The quantitative estimate of drug-likeness (QED) is 0.366. The van der Waals surface area contributed by atoms with Gasteiger partial charge < -0.3 is 4.79 Å². The zero-order valence-corrected chi connectivity index (χ0v) is 6.86. The van der Waals surface area contributed by atoms with Gasteiger partial charge >= 0.3 is 0 Å². The zero-order valence-electron chi connectivity index (χ0n) is 5.35. The Morgan fingerprint density at radius 2 is 2.20 bits per heavy atom. The lowest BCUT2D eigenvalue weighted by molar-refractivity contribution is -0.121. The van der Waals surface area contributed by atoms with Gasteiger partial charge in [-0.05, 0) is 6.42 Å². The van der Waals surface area contributed by atoms with Crippen LogP contribution in [-0.2, 0) is 9.59 Å². The second-order valence-corrected chi connectivity index (χ2v) is 2.64. The molecular weight excluding hydrogens is 175 g/mol. The Morgan fingerprint density at radius 3 is 2.60 bits per heavy atom. The summed E-state index contributed by atoms with van der Waals surface area (Å²) in [5.74, 6) is 0.172. The SMILES string of the molecule is O=CC(Cl)C(=O)CCCCl. The van der Waals surface area contributed by atoms with E-state index in [-0.39, 0.29) is 12.2 Å². The third kappa shape index (κ3) is 3.85. The molecule has 0 aliphatic heterocycles. The van der Waals surface area contributed by atoms with Gasteiger partial charge in [-0.25, -0.2) is 0 Å². The van der Waals surface area contributed by atoms with Crippen molar-refractivity contribution < 1.29 is 9.59 Å². The molecule has 0 aliphatic rings. The summed E-state index contributed by atoms with van der Waals surface area (Å²) in [6, 6.07) is 0. The van der Waals surface area contributed by atoms with Crippen molar-refractivity contribution in [3.8, 4) is 0 Å². The first-order valence-corrected chi connectivity index (χ1v) is 3.87. The molecule has 4 heteroatoms. The lowest BCUT2D eigenvalue weighted by atomic mass is 10.2. The maximum Gasteiger partial charge on any atom is 0.157 e. The van der Waals surface area contributed by atoms with Crippen molar-refractivity contribution in [3.63, 3.8) is 0 Å². The van der Waals surface area contributed by atoms with E-state index in [9.17, 15) is 9.59 Å². The Morgan fingerprint density at radius 1 is 1.60 bits per heavy atom. The van der Waals surface area contributed by atoms with E-state index in [2.05, 4.69) is 0 Å². The molecule has 0 N–H and O–H groups in total. The van der Waals surface area contributed by atoms with Crippen molar-refractivity contribution in [2.24, 2.45) is 0 Å². The van der Waals surface area contributed by atoms with Crippen LogP contribution in [0.15, 0.2) is 0 Å². The van der Waals surface area contributed by atoms with Gasteiger partial charge in [0, 0.05) is 12.3 Å². The standard InChI is InChI=1S/C6H8Cl2O2/c7-3-1-2-6(10)5(8)4-9/h4-5H,1-3H2. The fourth-order valence-electron chi connectivity index (χ4n) is 0.455. The van der Waals surface area contributed by atoms with E-state index in [1.807, 2.05) is 0 Å². The molecule has 0 saturated carbocycles. The molecule has 0 amide bonds. The average molecular weight is 183 g/mol. The topological polar surface area (TPSA) is 34.1 Å². The van der Waals surface area contributed by atoms with Gasteiger partial charge in [-0.1, -0.05) is 0 Å². The highest BCUT2D eigenvalue weighted by Gasteiger charge is 2.12. The van der Waals surface area contributed by atoms with Gasteiger partial charge in [0.05, 0.1) is 0 Å². The van der Waals surface area contributed by atoms with Gasteiger partial charge in [-0.3, -0.25) is 4.79 Å². The third-order valence-electron chi connectivity index (χ3n) is 0.984. The summed E-state index contributed by atoms with van der Waals surface area (Å²) in [6.45, 7) is 0. The van der Waals surface area contributed by atoms with Crippen LogP contribution < -0.4 is 0 Å². The second-order valence-electron chi connectivity index (χ2n) is 1.80. The van der Waals surface area contributed by atoms with Crippen LogP contribution in [0.25, 0.3) is 0 Å². The number of aldehydes is 1. The van der Waals surface area contributed by atoms with Gasteiger partial charge in [0.25, 0.3) is 0 Å². The van der Waals surface area contributed by atoms with Crippen LogP contribution in [0.5, 0.6) is 0 Å². The highest BCUT2D eigenvalue weighted by Crippen LogP contribution is 2.01. The number of carbonyl (C=O) groups is 2. The van der Waals surface area contributed by atoms with Gasteiger partial charge in [-0.2, -0.15) is 0 Å². The lowest BCUT2D eigenvalue weighted by Crippen LogP contribution is -2.15. The van der Waals surface area contributed by atoms with Crippen LogP contribution in [0.2, 0.25) is 0 Å². The molecule has 0 saturated heterocycles. The lowest BCUT2D eigenvalue weighted by Gasteiger charge is -1.97. The molecule has 1 atom stereocenters. The largest absolute Gasteiger partial charge is 0.301 e. The first-order valence-electron chi connectivity index (χ1n) is 2.90. The van der Waals surface area contributed by atoms with E-state index in [4.69, 9.17) is 23.2 Å². The number of Topliss-reactive ketones (excluding diaryl/α,β-unsaturated/α-hetero) is 1. The molecular formula is C6H8Cl2O2. The summed E-state index contributed by atoms with van der Waals surface area (Å²) in [7, 11) is 0. The second kappa shape index (κ2) is 5.69. The summed E-state index contributed by atoms with van der Waals surface area (Å²) >= 11 is 10.6. The minimum atomic E-state index is -0.983. The van der Waals surface area contributed by atoms with Crippen molar-refractivity contribution in [2.45, 2.75) is 18.2 Å². The number of ketones is 1. The molecule has 0 aromatic carbocycles. The number of rotatable bonds is 5. The predicted molar refractivity (Wildman–Crippen MR) is 40.7 cm³/mol. The van der Waals surface area contributed by atoms with E-state index in [1.54, 1.807) is 0 Å². The summed E-state index contributed by atoms with van der Waals surface area (Å²) in [4.78, 5) is 20.6. The van der Waals surface area contributed by atoms with E-state index < -0.39 is 5.38 Å². The van der Waals surface area contributed by atoms with Gasteiger partial charge in [0.1, 0.15) is 11.7 Å². The minimum absolute atomic E-state index is 0.252. The number of hydrogen-bond donors (Lipinski definition) is 0. The molecule has 0 rings (SSSR count). The molecule has 0 aromatic heterocycles. The fraction of sp³-hybridized carbons (Fsp3) is 0.667. The smallest absolute Gasteiger partial charge is 0.157 e. The fourth-order valence-corrected chi connectivity index (χ4v) is 0.698. The Balaban J connectivity index is 3.51. The first kappa shape index (κ1) is 9.92. The Kier molecular flexibility index (Phi) is 5.64. The number of carbonyl (C=O) groups excluding carboxylic acids is 2. The molecule has 0 aliphatic carbocycles. The van der Waals surface area contributed by atoms with E-state index >= 15 is 0 Å². The normalized spacial score (nSPS) is 12.6. The first-order chi connectivity index (χ1) is 4.72. The van der Waals surface area contributed by atoms with Crippen LogP contribution in [0.3, 0.4) is 0 Å². The van der Waals surface area contributed by atoms with Crippen molar-refractivity contribution in [1.82, 2.24) is 0 Å². The zero-order chi connectivity index (χ0) is 7.98. The van der Waals surface area contributed by atoms with Crippen LogP contribution in [0, 0.1) is 0 Å². The molecule has 0 heterocycles. The maximum absolute atomic E-state index is 10.7. The van der Waals surface area contributed by atoms with Crippen molar-refractivity contribution in [2.75, 3.05) is 5.88 Å². The highest BCUT2D eigenvalue weighted by atomic mass is 35.5. The van der Waals surface area contributed by atoms with Crippen molar-refractivity contribution >= 4 is 35.3 Å². The number of hydrogen-bond acceptors (Lipinski definition) is 2. The van der Waals surface area contributed by atoms with Crippen LogP contribution in [0.4, 0.5) is 0 Å². The molecule has 1 unspecified atom stereocenters. The number of alkyl halides is 2. The molecule has 2 nitrogen and oxygen atoms in total. The van der Waals surface area contributed by atoms with Crippen LogP contribution >= 0.6 is 23.2 Å². The Labute approximate surface area is 69.5 Å². The van der Waals surface area contributed by atoms with Gasteiger partial charge in [-0.15, -0.1) is 23.2 Å². The molecule has 0 aromatic rings. The summed E-state index contributed by atoms with van der Waals surface area (Å²) in [5, 5.41) is -0.983. The third-order valence-corrected chi connectivity index (χ3v) is 1.60. The molecule has 0 spiro atoms. The van der Waals surface area contributed by atoms with Gasteiger partial charge in [0.15, 0.2) is 5.78 Å². The molecule has 0 radical (unpaired) electrons. The summed E-state index contributed by atoms with van der Waals surface area (Å²) < 4.78 is 0. The molecule has 58 valence electrons. The van der Waals surface area contributed by atoms with E-state index in [1.165, 1.54) is 0 Å². The Hall–Kier alpha value is -0.0800.